The van der Waals surface area contributed by atoms with Gasteiger partial charge in [0.05, 0.1) is 0 Å². The second kappa shape index (κ2) is 5.98. The number of likely N-dealkylation sites (tertiary alicyclic amines) is 1. The molecule has 1 amide bonds. The highest BCUT2D eigenvalue weighted by Gasteiger charge is 2.33. The lowest BCUT2D eigenvalue weighted by atomic mass is 10.1. The molecule has 20 heavy (non-hydrogen) atoms. The molecule has 0 spiro atoms. The Bertz CT molecular complexity index is 533. The second-order valence-corrected chi connectivity index (χ2v) is 4.80. The first-order valence-electron chi connectivity index (χ1n) is 6.46. The van der Waals surface area contributed by atoms with Crippen LogP contribution in [0.4, 0.5) is 8.78 Å². The number of carboxylic acid groups (broad SMARTS) is 1. The summed E-state index contributed by atoms with van der Waals surface area (Å²) in [6.45, 7) is 0.404. The van der Waals surface area contributed by atoms with Gasteiger partial charge in [-0.05, 0) is 30.9 Å². The first-order chi connectivity index (χ1) is 9.50. The van der Waals surface area contributed by atoms with Gasteiger partial charge in [0.1, 0.15) is 6.04 Å². The number of benzene rings is 1. The number of rotatable bonds is 4. The van der Waals surface area contributed by atoms with Gasteiger partial charge in [0.15, 0.2) is 11.6 Å². The summed E-state index contributed by atoms with van der Waals surface area (Å²) in [4.78, 5) is 24.3. The molecule has 0 bridgehead atoms. The number of hydrogen-bond donors (Lipinski definition) is 1. The zero-order chi connectivity index (χ0) is 14.7. The van der Waals surface area contributed by atoms with E-state index in [-0.39, 0.29) is 24.3 Å². The van der Waals surface area contributed by atoms with Crippen molar-refractivity contribution in [3.05, 3.63) is 35.4 Å². The maximum atomic E-state index is 13.4. The van der Waals surface area contributed by atoms with Crippen LogP contribution in [0.15, 0.2) is 18.2 Å². The van der Waals surface area contributed by atoms with Crippen molar-refractivity contribution >= 4 is 11.9 Å². The van der Waals surface area contributed by atoms with Gasteiger partial charge in [-0.1, -0.05) is 12.1 Å². The fourth-order valence-electron chi connectivity index (χ4n) is 2.45. The van der Waals surface area contributed by atoms with Crippen LogP contribution in [-0.4, -0.2) is 34.5 Å². The molecule has 0 saturated carbocycles. The Morgan fingerprint density at radius 2 is 2.10 bits per heavy atom. The Balaban J connectivity index is 1.98. The Labute approximate surface area is 115 Å². The largest absolute Gasteiger partial charge is 0.480 e. The Morgan fingerprint density at radius 1 is 1.35 bits per heavy atom. The van der Waals surface area contributed by atoms with Gasteiger partial charge in [-0.15, -0.1) is 0 Å². The number of aliphatic carboxylic acids is 1. The van der Waals surface area contributed by atoms with Crippen molar-refractivity contribution in [1.29, 1.82) is 0 Å². The van der Waals surface area contributed by atoms with Crippen molar-refractivity contribution < 1.29 is 23.5 Å². The van der Waals surface area contributed by atoms with E-state index in [4.69, 9.17) is 5.11 Å². The van der Waals surface area contributed by atoms with E-state index in [0.717, 1.165) is 6.07 Å². The molecule has 6 heteroatoms. The molecule has 1 aromatic carbocycles. The third-order valence-corrected chi connectivity index (χ3v) is 3.50. The lowest BCUT2D eigenvalue weighted by Gasteiger charge is -2.21. The van der Waals surface area contributed by atoms with Gasteiger partial charge in [0, 0.05) is 13.0 Å². The molecule has 0 unspecified atom stereocenters. The molecule has 1 heterocycles. The lowest BCUT2D eigenvalue weighted by Crippen LogP contribution is -2.40. The number of carbonyl (C=O) groups is 2. The highest BCUT2D eigenvalue weighted by Crippen LogP contribution is 2.20. The normalized spacial score (nSPS) is 18.3. The van der Waals surface area contributed by atoms with E-state index in [1.165, 1.54) is 17.0 Å². The van der Waals surface area contributed by atoms with Gasteiger partial charge >= 0.3 is 5.97 Å². The van der Waals surface area contributed by atoms with Crippen LogP contribution in [0.2, 0.25) is 0 Å². The van der Waals surface area contributed by atoms with Gasteiger partial charge in [-0.25, -0.2) is 13.6 Å². The predicted molar refractivity (Wildman–Crippen MR) is 67.0 cm³/mol. The third kappa shape index (κ3) is 2.95. The summed E-state index contributed by atoms with van der Waals surface area (Å²) in [5, 5.41) is 8.99. The van der Waals surface area contributed by atoms with Gasteiger partial charge in [0.2, 0.25) is 5.91 Å². The number of amides is 1. The molecule has 2 rings (SSSR count). The second-order valence-electron chi connectivity index (χ2n) is 4.80. The lowest BCUT2D eigenvalue weighted by molar-refractivity contribution is -0.148. The molecule has 1 fully saturated rings. The predicted octanol–water partition coefficient (Wildman–Crippen LogP) is 1.97. The van der Waals surface area contributed by atoms with E-state index >= 15 is 0 Å². The Hall–Kier alpha value is -1.98. The van der Waals surface area contributed by atoms with Crippen molar-refractivity contribution in [2.75, 3.05) is 6.54 Å². The Kier molecular flexibility index (Phi) is 4.32. The van der Waals surface area contributed by atoms with Crippen LogP contribution in [0.1, 0.15) is 24.8 Å². The standard InChI is InChI=1S/C14H15F2NO3/c15-10-4-1-3-9(13(10)16)6-7-12(18)17-8-2-5-11(17)14(19)20/h1,3-4,11H,2,5-8H2,(H,19,20)/t11-/m1/s1. The summed E-state index contributed by atoms with van der Waals surface area (Å²) < 4.78 is 26.5. The van der Waals surface area contributed by atoms with E-state index in [1.54, 1.807) is 0 Å². The third-order valence-electron chi connectivity index (χ3n) is 3.50. The van der Waals surface area contributed by atoms with Crippen LogP contribution in [0.3, 0.4) is 0 Å². The summed E-state index contributed by atoms with van der Waals surface area (Å²) >= 11 is 0. The molecule has 1 atom stereocenters. The summed E-state index contributed by atoms with van der Waals surface area (Å²) in [5.41, 5.74) is 0.129. The number of aryl methyl sites for hydroxylation is 1. The number of carbonyl (C=O) groups excluding carboxylic acids is 1. The van der Waals surface area contributed by atoms with E-state index in [2.05, 4.69) is 0 Å². The van der Waals surface area contributed by atoms with Crippen molar-refractivity contribution in [2.45, 2.75) is 31.7 Å². The molecule has 1 aliphatic heterocycles. The summed E-state index contributed by atoms with van der Waals surface area (Å²) in [6, 6.07) is 3.03. The molecule has 1 aromatic rings. The van der Waals surface area contributed by atoms with E-state index < -0.39 is 23.6 Å². The highest BCUT2D eigenvalue weighted by molar-refractivity contribution is 5.84. The fourth-order valence-corrected chi connectivity index (χ4v) is 2.45. The minimum atomic E-state index is -1.02. The number of halogens is 2. The first kappa shape index (κ1) is 14.4. The number of carboxylic acids is 1. The first-order valence-corrected chi connectivity index (χ1v) is 6.46. The smallest absolute Gasteiger partial charge is 0.326 e. The van der Waals surface area contributed by atoms with Gasteiger partial charge in [0.25, 0.3) is 0 Å². The molecular weight excluding hydrogens is 268 g/mol. The molecule has 1 saturated heterocycles. The molecule has 0 radical (unpaired) electrons. The zero-order valence-corrected chi connectivity index (χ0v) is 10.8. The van der Waals surface area contributed by atoms with E-state index in [1.807, 2.05) is 0 Å². The van der Waals surface area contributed by atoms with Crippen LogP contribution < -0.4 is 0 Å². The molecule has 1 aliphatic rings. The van der Waals surface area contributed by atoms with Crippen molar-refractivity contribution in [3.8, 4) is 0 Å². The van der Waals surface area contributed by atoms with Crippen molar-refractivity contribution in [2.24, 2.45) is 0 Å². The maximum absolute atomic E-state index is 13.4. The molecule has 0 aliphatic carbocycles. The summed E-state index contributed by atoms with van der Waals surface area (Å²) in [5.74, 6) is -3.25. The quantitative estimate of drug-likeness (QED) is 0.919. The maximum Gasteiger partial charge on any atom is 0.326 e. The summed E-state index contributed by atoms with van der Waals surface area (Å²) in [7, 11) is 0. The molecular formula is C14H15F2NO3. The van der Waals surface area contributed by atoms with Gasteiger partial charge in [-0.3, -0.25) is 4.79 Å². The monoisotopic (exact) mass is 283 g/mol. The SMILES string of the molecule is O=C(O)[C@H]1CCCN1C(=O)CCc1cccc(F)c1F. The molecule has 1 N–H and O–H groups in total. The molecule has 4 nitrogen and oxygen atoms in total. The molecule has 0 aromatic heterocycles. The number of nitrogens with zero attached hydrogens (tertiary/aromatic N) is 1. The minimum Gasteiger partial charge on any atom is -0.480 e. The zero-order valence-electron chi connectivity index (χ0n) is 10.8. The van der Waals surface area contributed by atoms with Crippen LogP contribution in [0.5, 0.6) is 0 Å². The van der Waals surface area contributed by atoms with E-state index in [0.29, 0.717) is 19.4 Å². The summed E-state index contributed by atoms with van der Waals surface area (Å²) in [6.07, 6.45) is 1.13. The van der Waals surface area contributed by atoms with E-state index in [9.17, 15) is 18.4 Å². The van der Waals surface area contributed by atoms with Crippen LogP contribution >= 0.6 is 0 Å². The average Bonchev–Trinajstić information content (AvgIpc) is 2.89. The minimum absolute atomic E-state index is 0.0237. The van der Waals surface area contributed by atoms with Crippen LogP contribution in [0.25, 0.3) is 0 Å². The topological polar surface area (TPSA) is 57.6 Å². The van der Waals surface area contributed by atoms with Crippen LogP contribution in [-0.2, 0) is 16.0 Å². The Morgan fingerprint density at radius 3 is 2.80 bits per heavy atom. The van der Waals surface area contributed by atoms with Crippen LogP contribution in [0, 0.1) is 11.6 Å². The van der Waals surface area contributed by atoms with Gasteiger partial charge < -0.3 is 10.0 Å². The number of hydrogen-bond acceptors (Lipinski definition) is 2. The average molecular weight is 283 g/mol. The van der Waals surface area contributed by atoms with Crippen molar-refractivity contribution in [1.82, 2.24) is 4.90 Å². The highest BCUT2D eigenvalue weighted by atomic mass is 19.2. The molecule has 108 valence electrons. The van der Waals surface area contributed by atoms with Crippen molar-refractivity contribution in [3.63, 3.8) is 0 Å². The fraction of sp³-hybridized carbons (Fsp3) is 0.429. The van der Waals surface area contributed by atoms with Gasteiger partial charge in [-0.2, -0.15) is 0 Å².